The third kappa shape index (κ3) is 4.14. The van der Waals surface area contributed by atoms with Gasteiger partial charge in [0.2, 0.25) is 0 Å². The van der Waals surface area contributed by atoms with Crippen LogP contribution in [0.3, 0.4) is 0 Å². The van der Waals surface area contributed by atoms with Gasteiger partial charge in [-0.3, -0.25) is 4.99 Å². The van der Waals surface area contributed by atoms with Gasteiger partial charge in [-0.1, -0.05) is 58.0 Å². The molecule has 126 valence electrons. The molecular formula is C22H27NO. The number of para-hydroxylation sites is 1. The zero-order valence-electron chi connectivity index (χ0n) is 15.1. The summed E-state index contributed by atoms with van der Waals surface area (Å²) >= 11 is 0. The van der Waals surface area contributed by atoms with E-state index in [1.807, 2.05) is 24.3 Å². The van der Waals surface area contributed by atoms with E-state index in [1.54, 1.807) is 12.3 Å². The lowest BCUT2D eigenvalue weighted by Gasteiger charge is -2.18. The van der Waals surface area contributed by atoms with Crippen molar-refractivity contribution in [1.82, 2.24) is 0 Å². The lowest BCUT2D eigenvalue weighted by atomic mass is 9.89. The van der Waals surface area contributed by atoms with E-state index in [2.05, 4.69) is 46.4 Å². The molecular weight excluding hydrogens is 294 g/mol. The Kier molecular flexibility index (Phi) is 5.97. The highest BCUT2D eigenvalue weighted by Gasteiger charge is 2.15. The van der Waals surface area contributed by atoms with Crippen molar-refractivity contribution in [1.29, 1.82) is 0 Å². The van der Waals surface area contributed by atoms with Gasteiger partial charge in [0, 0.05) is 11.8 Å². The second kappa shape index (κ2) is 7.96. The summed E-state index contributed by atoms with van der Waals surface area (Å²) in [6.07, 6.45) is 4.56. The van der Waals surface area contributed by atoms with Crippen LogP contribution in [0.2, 0.25) is 0 Å². The minimum atomic E-state index is 0.252. The van der Waals surface area contributed by atoms with Crippen LogP contribution in [0.25, 0.3) is 0 Å². The monoisotopic (exact) mass is 321 g/mol. The number of allylic oxidation sites excluding steroid dienone is 1. The Hall–Kier alpha value is -2.35. The maximum Gasteiger partial charge on any atom is 0.124 e. The van der Waals surface area contributed by atoms with Gasteiger partial charge in [0.15, 0.2) is 0 Å². The molecule has 0 spiro atoms. The molecule has 1 N–H and O–H groups in total. The van der Waals surface area contributed by atoms with Crippen LogP contribution >= 0.6 is 0 Å². The third-order valence-corrected chi connectivity index (χ3v) is 4.12. The Labute approximate surface area is 145 Å². The highest BCUT2D eigenvalue weighted by Crippen LogP contribution is 2.36. The molecule has 2 heteroatoms. The average Bonchev–Trinajstić information content (AvgIpc) is 2.54. The second-order valence-electron chi connectivity index (χ2n) is 6.74. The number of rotatable bonds is 6. The van der Waals surface area contributed by atoms with Crippen LogP contribution in [-0.2, 0) is 6.42 Å². The topological polar surface area (TPSA) is 32.6 Å². The Bertz CT molecular complexity index is 712. The molecule has 0 aliphatic carbocycles. The van der Waals surface area contributed by atoms with E-state index >= 15 is 0 Å². The molecule has 0 unspecified atom stereocenters. The van der Waals surface area contributed by atoms with Crippen molar-refractivity contribution < 1.29 is 5.11 Å². The predicted octanol–water partition coefficient (Wildman–Crippen LogP) is 6.12. The molecule has 0 saturated carbocycles. The quantitative estimate of drug-likeness (QED) is 0.504. The molecule has 2 aromatic rings. The number of phenols is 1. The van der Waals surface area contributed by atoms with Gasteiger partial charge in [0.25, 0.3) is 0 Å². The summed E-state index contributed by atoms with van der Waals surface area (Å²) in [5.74, 6) is 1.01. The van der Waals surface area contributed by atoms with Crippen molar-refractivity contribution in [2.24, 2.45) is 4.99 Å². The molecule has 0 atom stereocenters. The molecule has 0 fully saturated rings. The molecule has 0 bridgehead atoms. The number of hydrogen-bond donors (Lipinski definition) is 1. The number of nitrogens with zero attached hydrogens (tertiary/aromatic N) is 1. The van der Waals surface area contributed by atoms with E-state index in [0.717, 1.165) is 17.7 Å². The fourth-order valence-corrected chi connectivity index (χ4v) is 2.79. The zero-order valence-corrected chi connectivity index (χ0v) is 15.1. The fraction of sp³-hybridized carbons (Fsp3) is 0.318. The van der Waals surface area contributed by atoms with Crippen LogP contribution < -0.4 is 0 Å². The highest BCUT2D eigenvalue weighted by atomic mass is 16.3. The molecule has 2 aromatic carbocycles. The first-order valence-electron chi connectivity index (χ1n) is 8.53. The number of aliphatic imine (C=N–C) groups is 1. The van der Waals surface area contributed by atoms with Gasteiger partial charge in [-0.15, -0.1) is 6.58 Å². The summed E-state index contributed by atoms with van der Waals surface area (Å²) in [5.41, 5.74) is 5.52. The van der Waals surface area contributed by atoms with Crippen LogP contribution in [0.4, 0.5) is 5.69 Å². The summed E-state index contributed by atoms with van der Waals surface area (Å²) in [6.45, 7) is 12.6. The lowest BCUT2D eigenvalue weighted by molar-refractivity contribution is 0.474. The third-order valence-electron chi connectivity index (χ3n) is 4.12. The smallest absolute Gasteiger partial charge is 0.124 e. The van der Waals surface area contributed by atoms with Gasteiger partial charge in [-0.05, 0) is 47.1 Å². The molecule has 0 heterocycles. The summed E-state index contributed by atoms with van der Waals surface area (Å²) in [5, 5.41) is 9.96. The molecule has 0 amide bonds. The number of benzene rings is 2. The van der Waals surface area contributed by atoms with Gasteiger partial charge in [-0.25, -0.2) is 0 Å². The van der Waals surface area contributed by atoms with Crippen molar-refractivity contribution in [2.75, 3.05) is 0 Å². The van der Waals surface area contributed by atoms with Crippen LogP contribution in [0.15, 0.2) is 54.0 Å². The van der Waals surface area contributed by atoms with Crippen molar-refractivity contribution in [3.8, 4) is 5.75 Å². The summed E-state index contributed by atoms with van der Waals surface area (Å²) in [6, 6.07) is 11.7. The first-order chi connectivity index (χ1) is 11.4. The number of aromatic hydroxyl groups is 1. The van der Waals surface area contributed by atoms with E-state index in [1.165, 1.54) is 16.7 Å². The molecule has 2 rings (SSSR count). The molecule has 0 aliphatic heterocycles. The van der Waals surface area contributed by atoms with E-state index in [9.17, 15) is 5.11 Å². The highest BCUT2D eigenvalue weighted by molar-refractivity contribution is 5.86. The number of hydrogen-bond acceptors (Lipinski definition) is 2. The fourth-order valence-electron chi connectivity index (χ4n) is 2.79. The molecule has 24 heavy (non-hydrogen) atoms. The molecule has 0 aliphatic rings. The summed E-state index contributed by atoms with van der Waals surface area (Å²) < 4.78 is 0. The van der Waals surface area contributed by atoms with E-state index < -0.39 is 0 Å². The maximum absolute atomic E-state index is 9.96. The minimum Gasteiger partial charge on any atom is -0.507 e. The number of phenolic OH excluding ortho intramolecular Hbond substituents is 1. The van der Waals surface area contributed by atoms with E-state index in [4.69, 9.17) is 4.99 Å². The summed E-state index contributed by atoms with van der Waals surface area (Å²) in [7, 11) is 0. The largest absolute Gasteiger partial charge is 0.507 e. The first-order valence-corrected chi connectivity index (χ1v) is 8.53. The van der Waals surface area contributed by atoms with E-state index in [0.29, 0.717) is 11.8 Å². The van der Waals surface area contributed by atoms with Gasteiger partial charge in [0.05, 0.1) is 5.69 Å². The summed E-state index contributed by atoms with van der Waals surface area (Å²) in [4.78, 5) is 4.77. The maximum atomic E-state index is 9.96. The molecule has 2 nitrogen and oxygen atoms in total. The first kappa shape index (κ1) is 18.0. The van der Waals surface area contributed by atoms with Crippen molar-refractivity contribution in [2.45, 2.75) is 46.0 Å². The molecule has 0 radical (unpaired) electrons. The normalized spacial score (nSPS) is 11.6. The van der Waals surface area contributed by atoms with Crippen LogP contribution in [-0.4, -0.2) is 11.3 Å². The average molecular weight is 321 g/mol. The Morgan fingerprint density at radius 2 is 1.62 bits per heavy atom. The van der Waals surface area contributed by atoms with Crippen LogP contribution in [0.1, 0.15) is 61.8 Å². The Morgan fingerprint density at radius 3 is 2.12 bits per heavy atom. The molecule has 0 aromatic heterocycles. The Morgan fingerprint density at radius 1 is 1.04 bits per heavy atom. The SMILES string of the molecule is C=CCc1cc(C(C)C)c(N=Cc2ccccc2O)c(C(C)C)c1. The van der Waals surface area contributed by atoms with Gasteiger partial charge >= 0.3 is 0 Å². The van der Waals surface area contributed by atoms with Crippen molar-refractivity contribution in [3.05, 3.63) is 71.3 Å². The van der Waals surface area contributed by atoms with Crippen molar-refractivity contribution >= 4 is 11.9 Å². The second-order valence-corrected chi connectivity index (χ2v) is 6.74. The van der Waals surface area contributed by atoms with Gasteiger partial charge in [-0.2, -0.15) is 0 Å². The van der Waals surface area contributed by atoms with Crippen LogP contribution in [0.5, 0.6) is 5.75 Å². The minimum absolute atomic E-state index is 0.252. The van der Waals surface area contributed by atoms with Crippen LogP contribution in [0, 0.1) is 0 Å². The Balaban J connectivity index is 2.58. The molecule has 0 saturated heterocycles. The van der Waals surface area contributed by atoms with Gasteiger partial charge in [0.1, 0.15) is 5.75 Å². The van der Waals surface area contributed by atoms with Crippen molar-refractivity contribution in [3.63, 3.8) is 0 Å². The lowest BCUT2D eigenvalue weighted by Crippen LogP contribution is -1.99. The van der Waals surface area contributed by atoms with E-state index in [-0.39, 0.29) is 5.75 Å². The standard InChI is InChI=1S/C22H27NO/c1-6-9-17-12-19(15(2)3)22(20(13-17)16(4)5)23-14-18-10-7-8-11-21(18)24/h6-8,10-16,24H,1,9H2,2-5H3. The zero-order chi connectivity index (χ0) is 17.7. The predicted molar refractivity (Wildman–Crippen MR) is 104 cm³/mol. The van der Waals surface area contributed by atoms with Gasteiger partial charge < -0.3 is 5.11 Å².